The van der Waals surface area contributed by atoms with Crippen molar-refractivity contribution in [1.82, 2.24) is 0 Å². The molecule has 0 aromatic heterocycles. The lowest BCUT2D eigenvalue weighted by atomic mass is 9.87. The maximum absolute atomic E-state index is 11.6. The standard InChI is InChI=1S/C24H27ClI2O4/c1-4-29-19-8-5-16(6-9-19)11-18-12-17(7-10-20(18)25)24-22(27)14(2)23(30-15(3)28)21(13-26)31-24/h5-10,12,14,21-24H,4,11,13H2,1-3H3. The molecule has 0 saturated carbocycles. The number of alkyl halides is 2. The average Bonchev–Trinajstić information content (AvgIpc) is 2.75. The zero-order valence-electron chi connectivity index (χ0n) is 17.8. The first-order valence-electron chi connectivity index (χ1n) is 10.4. The molecule has 7 heteroatoms. The minimum atomic E-state index is -0.263. The average molecular weight is 669 g/mol. The first kappa shape index (κ1) is 25.1. The van der Waals surface area contributed by atoms with E-state index in [4.69, 9.17) is 25.8 Å². The van der Waals surface area contributed by atoms with Gasteiger partial charge in [0.2, 0.25) is 0 Å². The van der Waals surface area contributed by atoms with Gasteiger partial charge in [-0.2, -0.15) is 0 Å². The van der Waals surface area contributed by atoms with E-state index < -0.39 is 0 Å². The van der Waals surface area contributed by atoms with Gasteiger partial charge in [-0.05, 0) is 48.2 Å². The molecule has 1 heterocycles. The molecule has 3 rings (SSSR count). The number of hydrogen-bond acceptors (Lipinski definition) is 4. The number of ether oxygens (including phenoxy) is 3. The van der Waals surface area contributed by atoms with E-state index in [0.29, 0.717) is 6.61 Å². The summed E-state index contributed by atoms with van der Waals surface area (Å²) in [6.07, 6.45) is 0.279. The maximum atomic E-state index is 11.6. The van der Waals surface area contributed by atoms with Gasteiger partial charge in [0.25, 0.3) is 0 Å². The second-order valence-corrected chi connectivity index (χ2v) is 10.5. The van der Waals surface area contributed by atoms with Gasteiger partial charge in [0.05, 0.1) is 12.7 Å². The Morgan fingerprint density at radius 2 is 1.90 bits per heavy atom. The molecule has 0 N–H and O–H groups in total. The summed E-state index contributed by atoms with van der Waals surface area (Å²) in [5.74, 6) is 0.783. The third kappa shape index (κ3) is 6.26. The van der Waals surface area contributed by atoms with Gasteiger partial charge in [-0.3, -0.25) is 4.79 Å². The van der Waals surface area contributed by atoms with E-state index in [1.807, 2.05) is 31.2 Å². The van der Waals surface area contributed by atoms with Gasteiger partial charge in [0, 0.05) is 26.2 Å². The number of carbonyl (C=O) groups excluding carboxylic acids is 1. The van der Waals surface area contributed by atoms with E-state index in [1.54, 1.807) is 0 Å². The Hall–Kier alpha value is -0.580. The zero-order valence-corrected chi connectivity index (χ0v) is 22.9. The predicted octanol–water partition coefficient (Wildman–Crippen LogP) is 6.58. The van der Waals surface area contributed by atoms with Crippen LogP contribution < -0.4 is 4.74 Å². The topological polar surface area (TPSA) is 44.8 Å². The Morgan fingerprint density at radius 1 is 1.19 bits per heavy atom. The van der Waals surface area contributed by atoms with E-state index in [-0.39, 0.29) is 34.1 Å². The molecule has 1 aliphatic rings. The molecule has 168 valence electrons. The van der Waals surface area contributed by atoms with Crippen molar-refractivity contribution in [2.75, 3.05) is 11.0 Å². The largest absolute Gasteiger partial charge is 0.494 e. The van der Waals surface area contributed by atoms with Gasteiger partial charge in [0.15, 0.2) is 0 Å². The minimum Gasteiger partial charge on any atom is -0.494 e. The Labute approximate surface area is 216 Å². The molecule has 5 atom stereocenters. The third-order valence-electron chi connectivity index (χ3n) is 5.48. The van der Waals surface area contributed by atoms with Crippen molar-refractivity contribution in [3.05, 3.63) is 64.2 Å². The number of halogens is 3. The van der Waals surface area contributed by atoms with E-state index in [2.05, 4.69) is 70.3 Å². The zero-order chi connectivity index (χ0) is 22.5. The van der Waals surface area contributed by atoms with Crippen LogP contribution in [-0.4, -0.2) is 33.1 Å². The van der Waals surface area contributed by atoms with Gasteiger partial charge >= 0.3 is 5.97 Å². The van der Waals surface area contributed by atoms with Gasteiger partial charge in [-0.25, -0.2) is 0 Å². The number of carbonyl (C=O) groups is 1. The fourth-order valence-electron chi connectivity index (χ4n) is 3.89. The summed E-state index contributed by atoms with van der Waals surface area (Å²) in [6.45, 7) is 6.22. The molecule has 0 aliphatic carbocycles. The van der Waals surface area contributed by atoms with E-state index >= 15 is 0 Å². The first-order chi connectivity index (χ1) is 14.8. The van der Waals surface area contributed by atoms with Crippen molar-refractivity contribution in [1.29, 1.82) is 0 Å². The normalized spacial score (nSPS) is 25.8. The molecule has 0 bridgehead atoms. The van der Waals surface area contributed by atoms with Gasteiger partial charge in [0.1, 0.15) is 18.0 Å². The molecule has 0 radical (unpaired) electrons. The molecule has 0 spiro atoms. The van der Waals surface area contributed by atoms with Crippen molar-refractivity contribution < 1.29 is 19.0 Å². The summed E-state index contributed by atoms with van der Waals surface area (Å²) in [5, 5.41) is 0.745. The molecule has 1 saturated heterocycles. The molecule has 1 fully saturated rings. The van der Waals surface area contributed by atoms with E-state index in [0.717, 1.165) is 32.7 Å². The van der Waals surface area contributed by atoms with Crippen LogP contribution in [0.2, 0.25) is 5.02 Å². The van der Waals surface area contributed by atoms with Crippen LogP contribution in [0.1, 0.15) is 43.6 Å². The lowest BCUT2D eigenvalue weighted by Crippen LogP contribution is -2.49. The van der Waals surface area contributed by atoms with Crippen molar-refractivity contribution in [2.24, 2.45) is 5.92 Å². The number of hydrogen-bond donors (Lipinski definition) is 0. The number of rotatable bonds is 7. The van der Waals surface area contributed by atoms with Crippen LogP contribution in [0.3, 0.4) is 0 Å². The Kier molecular flexibility index (Phi) is 9.31. The lowest BCUT2D eigenvalue weighted by Gasteiger charge is -2.43. The summed E-state index contributed by atoms with van der Waals surface area (Å²) in [4.78, 5) is 11.6. The Balaban J connectivity index is 1.82. The summed E-state index contributed by atoms with van der Waals surface area (Å²) in [6, 6.07) is 14.3. The highest BCUT2D eigenvalue weighted by Crippen LogP contribution is 2.42. The summed E-state index contributed by atoms with van der Waals surface area (Å²) >= 11 is 11.3. The summed E-state index contributed by atoms with van der Waals surface area (Å²) in [7, 11) is 0. The van der Waals surface area contributed by atoms with Crippen LogP contribution in [0.5, 0.6) is 5.75 Å². The van der Waals surface area contributed by atoms with Crippen molar-refractivity contribution in [3.63, 3.8) is 0 Å². The smallest absolute Gasteiger partial charge is 0.303 e. The summed E-state index contributed by atoms with van der Waals surface area (Å²) < 4.78 is 18.5. The minimum absolute atomic E-state index is 0.0847. The SMILES string of the molecule is CCOc1ccc(Cc2cc(C3OC(CI)C(OC(C)=O)C(C)C3I)ccc2Cl)cc1. The molecule has 31 heavy (non-hydrogen) atoms. The van der Waals surface area contributed by atoms with Crippen molar-refractivity contribution in [2.45, 2.75) is 49.4 Å². The number of esters is 1. The highest BCUT2D eigenvalue weighted by Gasteiger charge is 2.44. The van der Waals surface area contributed by atoms with Gasteiger partial charge < -0.3 is 14.2 Å². The molecular formula is C24H27ClI2O4. The van der Waals surface area contributed by atoms with Crippen LogP contribution in [-0.2, 0) is 20.7 Å². The highest BCUT2D eigenvalue weighted by atomic mass is 127. The monoisotopic (exact) mass is 668 g/mol. The molecule has 0 amide bonds. The number of benzene rings is 2. The molecular weight excluding hydrogens is 642 g/mol. The fraction of sp³-hybridized carbons (Fsp3) is 0.458. The molecule has 2 aromatic rings. The highest BCUT2D eigenvalue weighted by molar-refractivity contribution is 14.1. The third-order valence-corrected chi connectivity index (χ3v) is 8.50. The second kappa shape index (κ2) is 11.5. The van der Waals surface area contributed by atoms with E-state index in [1.165, 1.54) is 12.5 Å². The van der Waals surface area contributed by atoms with E-state index in [9.17, 15) is 4.79 Å². The quantitative estimate of drug-likeness (QED) is 0.190. The summed E-state index contributed by atoms with van der Waals surface area (Å²) in [5.41, 5.74) is 3.34. The van der Waals surface area contributed by atoms with Crippen LogP contribution in [0.4, 0.5) is 0 Å². The maximum Gasteiger partial charge on any atom is 0.303 e. The van der Waals surface area contributed by atoms with Gasteiger partial charge in [-0.15, -0.1) is 0 Å². The fourth-order valence-corrected chi connectivity index (χ4v) is 5.78. The molecule has 4 nitrogen and oxygen atoms in total. The van der Waals surface area contributed by atoms with Crippen LogP contribution in [0, 0.1) is 5.92 Å². The molecule has 1 aliphatic heterocycles. The molecule has 5 unspecified atom stereocenters. The van der Waals surface area contributed by atoms with Crippen LogP contribution in [0.15, 0.2) is 42.5 Å². The first-order valence-corrected chi connectivity index (χ1v) is 13.5. The lowest BCUT2D eigenvalue weighted by molar-refractivity contribution is -0.174. The Bertz CT molecular complexity index is 888. The van der Waals surface area contributed by atoms with Crippen molar-refractivity contribution in [3.8, 4) is 5.75 Å². The Morgan fingerprint density at radius 3 is 2.52 bits per heavy atom. The van der Waals surface area contributed by atoms with Crippen LogP contribution in [0.25, 0.3) is 0 Å². The van der Waals surface area contributed by atoms with Crippen LogP contribution >= 0.6 is 56.8 Å². The van der Waals surface area contributed by atoms with Gasteiger partial charge in [-0.1, -0.05) is 88.0 Å². The predicted molar refractivity (Wildman–Crippen MR) is 141 cm³/mol. The molecule has 2 aromatic carbocycles. The second-order valence-electron chi connectivity index (χ2n) is 7.73. The van der Waals surface area contributed by atoms with Crippen molar-refractivity contribution >= 4 is 62.8 Å².